The normalized spacial score (nSPS) is 11.8. The Morgan fingerprint density at radius 3 is 2.30 bits per heavy atom. The van der Waals surface area contributed by atoms with Gasteiger partial charge >= 0.3 is 6.18 Å². The highest BCUT2D eigenvalue weighted by atomic mass is 32.2. The van der Waals surface area contributed by atoms with Gasteiger partial charge < -0.3 is 9.47 Å². The van der Waals surface area contributed by atoms with Crippen LogP contribution in [-0.4, -0.2) is 41.3 Å². The summed E-state index contributed by atoms with van der Waals surface area (Å²) in [6.45, 7) is 0.936. The number of alkyl halides is 3. The minimum absolute atomic E-state index is 0.183. The van der Waals surface area contributed by atoms with Gasteiger partial charge in [-0.15, -0.1) is 0 Å². The van der Waals surface area contributed by atoms with Crippen LogP contribution in [0.25, 0.3) is 0 Å². The first-order valence-electron chi connectivity index (χ1n) is 10.8. The van der Waals surface area contributed by atoms with Crippen LogP contribution >= 0.6 is 0 Å². The van der Waals surface area contributed by atoms with Gasteiger partial charge in [-0.25, -0.2) is 13.8 Å². The van der Waals surface area contributed by atoms with Crippen molar-refractivity contribution < 1.29 is 35.9 Å². The predicted molar refractivity (Wildman–Crippen MR) is 132 cm³/mol. The van der Waals surface area contributed by atoms with E-state index in [0.29, 0.717) is 27.4 Å². The van der Waals surface area contributed by atoms with Gasteiger partial charge in [-0.3, -0.25) is 9.10 Å². The smallest absolute Gasteiger partial charge is 0.416 e. The number of amides is 1. The Balaban J connectivity index is 1.89. The van der Waals surface area contributed by atoms with E-state index in [1.54, 1.807) is 37.3 Å². The van der Waals surface area contributed by atoms with E-state index in [2.05, 4.69) is 10.5 Å². The van der Waals surface area contributed by atoms with E-state index < -0.39 is 34.2 Å². The van der Waals surface area contributed by atoms with Crippen molar-refractivity contribution in [3.05, 3.63) is 83.4 Å². The number of aryl methyl sites for hydroxylation is 1. The number of benzene rings is 3. The zero-order valence-corrected chi connectivity index (χ0v) is 20.9. The summed E-state index contributed by atoms with van der Waals surface area (Å²) in [5, 5.41) is 3.82. The van der Waals surface area contributed by atoms with E-state index in [1.807, 2.05) is 0 Å². The van der Waals surface area contributed by atoms with Crippen LogP contribution in [-0.2, 0) is 21.0 Å². The molecule has 3 aromatic carbocycles. The largest absolute Gasteiger partial charge is 0.493 e. The molecule has 1 amide bonds. The molecule has 1 N–H and O–H groups in total. The second-order valence-corrected chi connectivity index (χ2v) is 9.64. The molecule has 37 heavy (non-hydrogen) atoms. The Morgan fingerprint density at radius 2 is 1.68 bits per heavy atom. The molecule has 0 saturated carbocycles. The molecule has 3 rings (SSSR count). The highest BCUT2D eigenvalue weighted by molar-refractivity contribution is 7.92. The van der Waals surface area contributed by atoms with Gasteiger partial charge in [0.15, 0.2) is 11.5 Å². The summed E-state index contributed by atoms with van der Waals surface area (Å²) in [5.41, 5.74) is 2.15. The highest BCUT2D eigenvalue weighted by Crippen LogP contribution is 2.33. The second kappa shape index (κ2) is 11.3. The zero-order chi connectivity index (χ0) is 27.2. The molecule has 8 nitrogen and oxygen atoms in total. The van der Waals surface area contributed by atoms with Crippen LogP contribution in [0.4, 0.5) is 18.9 Å². The Hall–Kier alpha value is -4.06. The van der Waals surface area contributed by atoms with Gasteiger partial charge in [0.25, 0.3) is 15.9 Å². The summed E-state index contributed by atoms with van der Waals surface area (Å²) in [5.74, 6) is 0.0456. The number of hydrazone groups is 1. The Labute approximate surface area is 212 Å². The van der Waals surface area contributed by atoms with Crippen molar-refractivity contribution in [2.45, 2.75) is 18.0 Å². The number of hydrogen-bond donors (Lipinski definition) is 1. The number of carbonyl (C=O) groups excluding carboxylic acids is 1. The lowest BCUT2D eigenvalue weighted by Crippen LogP contribution is -2.39. The SMILES string of the molecule is COc1ccc(/C=N\NC(=O)CN(c2cccc(C(F)(F)F)c2)S(=O)(=O)c2ccc(C)cc2)cc1OC. The maximum atomic E-state index is 13.4. The number of anilines is 1. The van der Waals surface area contributed by atoms with E-state index in [-0.39, 0.29) is 10.6 Å². The predicted octanol–water partition coefficient (Wildman–Crippen LogP) is 4.38. The van der Waals surface area contributed by atoms with Crippen molar-refractivity contribution in [1.29, 1.82) is 0 Å². The molecule has 0 aromatic heterocycles. The molecule has 196 valence electrons. The van der Waals surface area contributed by atoms with Gasteiger partial charge in [0.05, 0.1) is 36.6 Å². The summed E-state index contributed by atoms with van der Waals surface area (Å²) in [6.07, 6.45) is -3.41. The van der Waals surface area contributed by atoms with Crippen LogP contribution in [0, 0.1) is 6.92 Å². The molecule has 0 aliphatic carbocycles. The lowest BCUT2D eigenvalue weighted by molar-refractivity contribution is -0.137. The maximum Gasteiger partial charge on any atom is 0.416 e. The molecule has 0 aliphatic heterocycles. The van der Waals surface area contributed by atoms with Crippen molar-refractivity contribution in [2.24, 2.45) is 5.10 Å². The lowest BCUT2D eigenvalue weighted by Gasteiger charge is -2.24. The minimum Gasteiger partial charge on any atom is -0.493 e. The first-order chi connectivity index (χ1) is 17.5. The average Bonchev–Trinajstić information content (AvgIpc) is 2.87. The number of halogens is 3. The molecule has 3 aromatic rings. The lowest BCUT2D eigenvalue weighted by atomic mass is 10.2. The number of carbonyl (C=O) groups is 1. The van der Waals surface area contributed by atoms with E-state index in [4.69, 9.17) is 9.47 Å². The van der Waals surface area contributed by atoms with Gasteiger partial charge in [-0.2, -0.15) is 18.3 Å². The molecule has 0 heterocycles. The standard InChI is InChI=1S/C25H24F3N3O5S/c1-17-7-10-21(11-8-17)37(33,34)31(20-6-4-5-19(14-20)25(26,27)28)16-24(32)30-29-15-18-9-12-22(35-2)23(13-18)36-3/h4-15H,16H2,1-3H3,(H,30,32)/b29-15-. The van der Waals surface area contributed by atoms with Crippen LogP contribution in [0.1, 0.15) is 16.7 Å². The quantitative estimate of drug-likeness (QED) is 0.324. The number of rotatable bonds is 9. The first kappa shape index (κ1) is 27.5. The van der Waals surface area contributed by atoms with Crippen LogP contribution in [0.15, 0.2) is 76.7 Å². The van der Waals surface area contributed by atoms with Gasteiger partial charge in [0.2, 0.25) is 0 Å². The molecule has 0 fully saturated rings. The fourth-order valence-electron chi connectivity index (χ4n) is 3.27. The number of hydrogen-bond acceptors (Lipinski definition) is 6. The van der Waals surface area contributed by atoms with Crippen molar-refractivity contribution in [3.63, 3.8) is 0 Å². The summed E-state index contributed by atoms with van der Waals surface area (Å²) in [4.78, 5) is 12.5. The van der Waals surface area contributed by atoms with Crippen molar-refractivity contribution in [2.75, 3.05) is 25.1 Å². The monoisotopic (exact) mass is 535 g/mol. The maximum absolute atomic E-state index is 13.4. The van der Waals surface area contributed by atoms with Crippen molar-refractivity contribution in [1.82, 2.24) is 5.43 Å². The highest BCUT2D eigenvalue weighted by Gasteiger charge is 2.33. The van der Waals surface area contributed by atoms with Crippen LogP contribution in [0.5, 0.6) is 11.5 Å². The Morgan fingerprint density at radius 1 is 1.00 bits per heavy atom. The second-order valence-electron chi connectivity index (χ2n) is 7.78. The molecular weight excluding hydrogens is 511 g/mol. The van der Waals surface area contributed by atoms with Gasteiger partial charge in [-0.1, -0.05) is 23.8 Å². The number of nitrogens with one attached hydrogen (secondary N) is 1. The molecule has 0 unspecified atom stereocenters. The van der Waals surface area contributed by atoms with Crippen LogP contribution < -0.4 is 19.2 Å². The third-order valence-electron chi connectivity index (χ3n) is 5.17. The number of nitrogens with zero attached hydrogens (tertiary/aromatic N) is 2. The summed E-state index contributed by atoms with van der Waals surface area (Å²) >= 11 is 0. The van der Waals surface area contributed by atoms with Crippen molar-refractivity contribution >= 4 is 27.8 Å². The fourth-order valence-corrected chi connectivity index (χ4v) is 4.68. The molecule has 12 heteroatoms. The van der Waals surface area contributed by atoms with Crippen LogP contribution in [0.2, 0.25) is 0 Å². The molecule has 0 spiro atoms. The minimum atomic E-state index is -4.71. The van der Waals surface area contributed by atoms with Gasteiger partial charge in [0, 0.05) is 0 Å². The number of sulfonamides is 1. The fraction of sp³-hybridized carbons (Fsp3) is 0.200. The number of ether oxygens (including phenoxy) is 2. The third kappa shape index (κ3) is 6.79. The Bertz CT molecular complexity index is 1390. The summed E-state index contributed by atoms with van der Waals surface area (Å²) < 4.78 is 77.6. The van der Waals surface area contributed by atoms with E-state index in [0.717, 1.165) is 17.7 Å². The van der Waals surface area contributed by atoms with E-state index in [9.17, 15) is 26.4 Å². The van der Waals surface area contributed by atoms with Crippen molar-refractivity contribution in [3.8, 4) is 11.5 Å². The molecular formula is C25H24F3N3O5S. The molecule has 0 atom stereocenters. The molecule has 0 aliphatic rings. The molecule has 0 bridgehead atoms. The van der Waals surface area contributed by atoms with Gasteiger partial charge in [-0.05, 0) is 61.0 Å². The molecule has 0 radical (unpaired) electrons. The average molecular weight is 536 g/mol. The van der Waals surface area contributed by atoms with Gasteiger partial charge in [0.1, 0.15) is 6.54 Å². The summed E-state index contributed by atoms with van der Waals surface area (Å²) in [6, 6.07) is 14.3. The first-order valence-corrected chi connectivity index (χ1v) is 12.2. The zero-order valence-electron chi connectivity index (χ0n) is 20.1. The Kier molecular flexibility index (Phi) is 8.43. The van der Waals surface area contributed by atoms with E-state index in [1.165, 1.54) is 38.6 Å². The number of methoxy groups -OCH3 is 2. The summed E-state index contributed by atoms with van der Waals surface area (Å²) in [7, 11) is -1.46. The van der Waals surface area contributed by atoms with E-state index >= 15 is 0 Å². The molecule has 0 saturated heterocycles. The third-order valence-corrected chi connectivity index (χ3v) is 6.96. The topological polar surface area (TPSA) is 97.3 Å². The van der Waals surface area contributed by atoms with Crippen LogP contribution in [0.3, 0.4) is 0 Å².